The highest BCUT2D eigenvalue weighted by Crippen LogP contribution is 2.44. The second-order valence-electron chi connectivity index (χ2n) is 3.21. The van der Waals surface area contributed by atoms with Crippen LogP contribution in [-0.4, -0.2) is 11.7 Å². The first-order valence-corrected chi connectivity index (χ1v) is 3.80. The molecule has 0 heterocycles. The molecule has 0 aromatic carbocycles. The summed E-state index contributed by atoms with van der Waals surface area (Å²) in [4.78, 5) is 10.8. The first-order valence-electron chi connectivity index (χ1n) is 3.80. The van der Waals surface area contributed by atoms with Crippen molar-refractivity contribution in [2.24, 2.45) is 5.92 Å². The average Bonchev–Trinajstić information content (AvgIpc) is 1.83. The van der Waals surface area contributed by atoms with Crippen LogP contribution in [0.3, 0.4) is 0 Å². The number of Topliss-reactive ketones (excluding diaryl/α,β-unsaturated/α-hetero) is 1. The minimum atomic E-state index is -2.56. The summed E-state index contributed by atoms with van der Waals surface area (Å²) in [7, 11) is 0. The fraction of sp³-hybridized carbons (Fsp3) is 0.750. The monoisotopic (exact) mass is 173 g/mol. The maximum atomic E-state index is 12.2. The maximum Gasteiger partial charge on any atom is 0.248 e. The Hall–Kier alpha value is -0.980. The molecule has 0 aliphatic heterocycles. The first kappa shape index (κ1) is 9.11. The number of nitriles is 1. The predicted molar refractivity (Wildman–Crippen MR) is 37.5 cm³/mol. The molecule has 66 valence electrons. The number of carbonyl (C=O) groups excluding carboxylic acids is 1. The van der Waals surface area contributed by atoms with Gasteiger partial charge in [-0.2, -0.15) is 5.26 Å². The molecule has 1 aliphatic rings. The smallest absolute Gasteiger partial charge is 0.248 e. The van der Waals surface area contributed by atoms with Crippen molar-refractivity contribution in [2.45, 2.75) is 31.6 Å². The molecule has 0 spiro atoms. The number of rotatable bonds is 3. The number of ketones is 1. The summed E-state index contributed by atoms with van der Waals surface area (Å²) in [5.41, 5.74) is 0. The van der Waals surface area contributed by atoms with E-state index in [0.29, 0.717) is 0 Å². The SMILES string of the molecule is N#CCC(=O)CC1CC(F)(F)C1. The normalized spacial score (nSPS) is 21.1. The molecular weight excluding hydrogens is 164 g/mol. The van der Waals surface area contributed by atoms with Gasteiger partial charge in [-0.15, -0.1) is 0 Å². The molecule has 2 nitrogen and oxygen atoms in total. The van der Waals surface area contributed by atoms with Crippen LogP contribution in [0.25, 0.3) is 0 Å². The van der Waals surface area contributed by atoms with E-state index in [-0.39, 0.29) is 37.4 Å². The summed E-state index contributed by atoms with van der Waals surface area (Å²) >= 11 is 0. The minimum absolute atomic E-state index is 0.142. The maximum absolute atomic E-state index is 12.2. The summed E-state index contributed by atoms with van der Waals surface area (Å²) in [6.07, 6.45) is -0.389. The van der Waals surface area contributed by atoms with Crippen molar-refractivity contribution in [1.82, 2.24) is 0 Å². The number of alkyl halides is 2. The van der Waals surface area contributed by atoms with Gasteiger partial charge in [0.05, 0.1) is 12.5 Å². The molecule has 1 aliphatic carbocycles. The Morgan fingerprint density at radius 3 is 2.58 bits per heavy atom. The van der Waals surface area contributed by atoms with Crippen LogP contribution in [0.5, 0.6) is 0 Å². The van der Waals surface area contributed by atoms with Gasteiger partial charge in [-0.05, 0) is 5.92 Å². The highest BCUT2D eigenvalue weighted by Gasteiger charge is 2.45. The molecule has 1 fully saturated rings. The Morgan fingerprint density at radius 1 is 1.58 bits per heavy atom. The molecule has 0 saturated heterocycles. The van der Waals surface area contributed by atoms with E-state index in [1.165, 1.54) is 0 Å². The zero-order valence-corrected chi connectivity index (χ0v) is 6.52. The van der Waals surface area contributed by atoms with Crippen LogP contribution < -0.4 is 0 Å². The number of hydrogen-bond acceptors (Lipinski definition) is 2. The molecule has 4 heteroatoms. The third-order valence-corrected chi connectivity index (χ3v) is 1.97. The van der Waals surface area contributed by atoms with Gasteiger partial charge in [-0.3, -0.25) is 4.79 Å². The lowest BCUT2D eigenvalue weighted by atomic mass is 9.78. The highest BCUT2D eigenvalue weighted by atomic mass is 19.3. The van der Waals surface area contributed by atoms with Crippen LogP contribution in [0, 0.1) is 17.2 Å². The molecule has 0 radical (unpaired) electrons. The number of hydrogen-bond donors (Lipinski definition) is 0. The van der Waals surface area contributed by atoms with Gasteiger partial charge in [0.25, 0.3) is 0 Å². The number of carbonyl (C=O) groups is 1. The summed E-state index contributed by atoms with van der Waals surface area (Å²) in [5, 5.41) is 8.12. The standard InChI is InChI=1S/C8H9F2NO/c9-8(10)4-6(5-8)3-7(12)1-2-11/h6H,1,3-5H2. The Morgan fingerprint density at radius 2 is 2.17 bits per heavy atom. The lowest BCUT2D eigenvalue weighted by molar-refractivity contribution is -0.131. The summed E-state index contributed by atoms with van der Waals surface area (Å²) in [5.74, 6) is -2.98. The van der Waals surface area contributed by atoms with Crippen molar-refractivity contribution >= 4 is 5.78 Å². The van der Waals surface area contributed by atoms with Crippen LogP contribution in [0.1, 0.15) is 25.7 Å². The van der Waals surface area contributed by atoms with E-state index in [2.05, 4.69) is 0 Å². The molecule has 0 aromatic rings. The topological polar surface area (TPSA) is 40.9 Å². The molecule has 1 saturated carbocycles. The summed E-state index contributed by atoms with van der Waals surface area (Å²) < 4.78 is 24.5. The Labute approximate surface area is 69.2 Å². The van der Waals surface area contributed by atoms with E-state index in [4.69, 9.17) is 5.26 Å². The molecule has 0 unspecified atom stereocenters. The number of halogens is 2. The van der Waals surface area contributed by atoms with E-state index in [9.17, 15) is 13.6 Å². The van der Waals surface area contributed by atoms with Gasteiger partial charge >= 0.3 is 0 Å². The van der Waals surface area contributed by atoms with Crippen LogP contribution in [-0.2, 0) is 4.79 Å². The van der Waals surface area contributed by atoms with E-state index in [0.717, 1.165) is 0 Å². The van der Waals surface area contributed by atoms with E-state index in [1.54, 1.807) is 6.07 Å². The van der Waals surface area contributed by atoms with E-state index < -0.39 is 5.92 Å². The van der Waals surface area contributed by atoms with Crippen molar-refractivity contribution in [2.75, 3.05) is 0 Å². The van der Waals surface area contributed by atoms with Gasteiger partial charge in [0.15, 0.2) is 0 Å². The lowest BCUT2D eigenvalue weighted by Gasteiger charge is -2.34. The van der Waals surface area contributed by atoms with Gasteiger partial charge in [0.2, 0.25) is 5.92 Å². The molecule has 0 aromatic heterocycles. The minimum Gasteiger partial charge on any atom is -0.299 e. The van der Waals surface area contributed by atoms with Crippen molar-refractivity contribution in [1.29, 1.82) is 5.26 Å². The molecule has 1 rings (SSSR count). The van der Waals surface area contributed by atoms with Gasteiger partial charge < -0.3 is 0 Å². The Kier molecular flexibility index (Phi) is 2.41. The van der Waals surface area contributed by atoms with Crippen LogP contribution in [0.4, 0.5) is 8.78 Å². The Balaban J connectivity index is 2.20. The Bertz CT molecular complexity index is 224. The summed E-state index contributed by atoms with van der Waals surface area (Å²) in [6.45, 7) is 0. The fourth-order valence-corrected chi connectivity index (χ4v) is 1.41. The molecule has 0 amide bonds. The van der Waals surface area contributed by atoms with Gasteiger partial charge in [-0.1, -0.05) is 0 Å². The zero-order valence-electron chi connectivity index (χ0n) is 6.52. The van der Waals surface area contributed by atoms with Crippen molar-refractivity contribution < 1.29 is 13.6 Å². The zero-order chi connectivity index (χ0) is 9.19. The second kappa shape index (κ2) is 3.18. The molecular formula is C8H9F2NO. The van der Waals surface area contributed by atoms with Gasteiger partial charge in [0.1, 0.15) is 5.78 Å². The quantitative estimate of drug-likeness (QED) is 0.654. The molecule has 12 heavy (non-hydrogen) atoms. The predicted octanol–water partition coefficient (Wildman–Crippen LogP) is 1.90. The first-order chi connectivity index (χ1) is 5.53. The van der Waals surface area contributed by atoms with E-state index >= 15 is 0 Å². The second-order valence-corrected chi connectivity index (χ2v) is 3.21. The third kappa shape index (κ3) is 2.26. The molecule has 0 N–H and O–H groups in total. The average molecular weight is 173 g/mol. The third-order valence-electron chi connectivity index (χ3n) is 1.97. The molecule has 0 bridgehead atoms. The van der Waals surface area contributed by atoms with Crippen LogP contribution in [0.15, 0.2) is 0 Å². The fourth-order valence-electron chi connectivity index (χ4n) is 1.41. The summed E-state index contributed by atoms with van der Waals surface area (Å²) in [6, 6.07) is 1.70. The highest BCUT2D eigenvalue weighted by molar-refractivity contribution is 5.80. The van der Waals surface area contributed by atoms with Crippen molar-refractivity contribution in [3.05, 3.63) is 0 Å². The van der Waals surface area contributed by atoms with Gasteiger partial charge in [0, 0.05) is 19.3 Å². The van der Waals surface area contributed by atoms with Gasteiger partial charge in [-0.25, -0.2) is 8.78 Å². The van der Waals surface area contributed by atoms with Crippen molar-refractivity contribution in [3.63, 3.8) is 0 Å². The van der Waals surface area contributed by atoms with Crippen LogP contribution in [0.2, 0.25) is 0 Å². The largest absolute Gasteiger partial charge is 0.299 e. The van der Waals surface area contributed by atoms with Crippen molar-refractivity contribution in [3.8, 4) is 6.07 Å². The molecule has 0 atom stereocenters. The van der Waals surface area contributed by atoms with Crippen LogP contribution >= 0.6 is 0 Å². The lowest BCUT2D eigenvalue weighted by Crippen LogP contribution is -2.36. The number of nitrogens with zero attached hydrogens (tertiary/aromatic N) is 1. The van der Waals surface area contributed by atoms with E-state index in [1.807, 2.05) is 0 Å².